The molecule has 0 fully saturated rings. The van der Waals surface area contributed by atoms with E-state index in [2.05, 4.69) is 0 Å². The summed E-state index contributed by atoms with van der Waals surface area (Å²) in [5.74, 6) is 0. The van der Waals surface area contributed by atoms with Gasteiger partial charge in [-0.15, -0.1) is 0 Å². The second-order valence-electron chi connectivity index (χ2n) is 2.20. The van der Waals surface area contributed by atoms with Crippen LogP contribution in [0.25, 0.3) is 0 Å². The van der Waals surface area contributed by atoms with E-state index in [1.165, 1.54) is 18.2 Å². The van der Waals surface area contributed by atoms with Crippen molar-refractivity contribution in [1.29, 1.82) is 0 Å². The zero-order valence-corrected chi connectivity index (χ0v) is 6.68. The Hall–Kier alpha value is -0.960. The molecule has 0 heterocycles. The minimum absolute atomic E-state index is 0.0856. The minimum atomic E-state index is -3.47. The Bertz CT molecular complexity index is 293. The van der Waals surface area contributed by atoms with Crippen LogP contribution in [-0.4, -0.2) is 6.29 Å². The first kappa shape index (κ1) is 9.13. The Balaban J connectivity index is 3.23. The van der Waals surface area contributed by atoms with Gasteiger partial charge in [0.25, 0.3) is 0 Å². The predicted octanol–water partition coefficient (Wildman–Crippen LogP) is 2.79. The molecule has 1 nitrogen and oxygen atoms in total. The van der Waals surface area contributed by atoms with Crippen molar-refractivity contribution < 1.29 is 13.6 Å². The average molecular weight is 191 g/mol. The average Bonchev–Trinajstić information content (AvgIpc) is 2.03. The van der Waals surface area contributed by atoms with Crippen LogP contribution in [0.2, 0.25) is 0 Å². The van der Waals surface area contributed by atoms with Gasteiger partial charge in [0.1, 0.15) is 0 Å². The zero-order chi connectivity index (χ0) is 9.19. The van der Waals surface area contributed by atoms with Crippen LogP contribution in [0.15, 0.2) is 24.3 Å². The highest BCUT2D eigenvalue weighted by Crippen LogP contribution is 2.33. The second kappa shape index (κ2) is 3.19. The summed E-state index contributed by atoms with van der Waals surface area (Å²) in [5, 5.41) is -3.47. The highest BCUT2D eigenvalue weighted by molar-refractivity contribution is 6.22. The normalized spacial score (nSPS) is 11.2. The molecule has 0 aliphatic heterocycles. The lowest BCUT2D eigenvalue weighted by Gasteiger charge is -2.09. The third kappa shape index (κ3) is 1.80. The van der Waals surface area contributed by atoms with E-state index < -0.39 is 10.9 Å². The summed E-state index contributed by atoms with van der Waals surface area (Å²) in [5.41, 5.74) is -0.542. The van der Waals surface area contributed by atoms with Gasteiger partial charge >= 0.3 is 5.38 Å². The number of alkyl halides is 3. The Labute approximate surface area is 73.0 Å². The smallest absolute Gasteiger partial charge is 0.298 e. The Morgan fingerprint density at radius 3 is 2.33 bits per heavy atom. The van der Waals surface area contributed by atoms with E-state index in [0.717, 1.165) is 6.07 Å². The molecule has 1 rings (SSSR count). The van der Waals surface area contributed by atoms with E-state index in [0.29, 0.717) is 6.29 Å². The third-order valence-electron chi connectivity index (χ3n) is 1.39. The number of carbonyl (C=O) groups is 1. The minimum Gasteiger partial charge on any atom is -0.298 e. The highest BCUT2D eigenvalue weighted by Gasteiger charge is 2.29. The van der Waals surface area contributed by atoms with Crippen molar-refractivity contribution in [1.82, 2.24) is 0 Å². The van der Waals surface area contributed by atoms with E-state index in [9.17, 15) is 13.6 Å². The summed E-state index contributed by atoms with van der Waals surface area (Å²) in [6.07, 6.45) is 0.353. The summed E-state index contributed by atoms with van der Waals surface area (Å²) in [6.45, 7) is 0. The van der Waals surface area contributed by atoms with Gasteiger partial charge in [-0.05, 0) is 11.6 Å². The van der Waals surface area contributed by atoms with Crippen molar-refractivity contribution in [3.8, 4) is 0 Å². The molecule has 4 heteroatoms. The number of carbonyl (C=O) groups excluding carboxylic acids is 1. The summed E-state index contributed by atoms with van der Waals surface area (Å²) in [7, 11) is 0. The fourth-order valence-electron chi connectivity index (χ4n) is 0.858. The van der Waals surface area contributed by atoms with Crippen molar-refractivity contribution in [2.45, 2.75) is 5.38 Å². The van der Waals surface area contributed by atoms with Crippen molar-refractivity contribution in [3.63, 3.8) is 0 Å². The summed E-state index contributed by atoms with van der Waals surface area (Å²) in [6, 6.07) is 5.31. The topological polar surface area (TPSA) is 17.1 Å². The Morgan fingerprint density at radius 1 is 1.33 bits per heavy atom. The molecule has 1 aromatic rings. The molecule has 64 valence electrons. The number of benzene rings is 1. The number of rotatable bonds is 2. The summed E-state index contributed by atoms with van der Waals surface area (Å²) in [4.78, 5) is 10.3. The third-order valence-corrected chi connectivity index (χ3v) is 1.60. The van der Waals surface area contributed by atoms with Gasteiger partial charge in [-0.2, -0.15) is 8.78 Å². The van der Waals surface area contributed by atoms with E-state index in [-0.39, 0.29) is 5.56 Å². The molecule has 0 aromatic heterocycles. The molecule has 0 aliphatic rings. The lowest BCUT2D eigenvalue weighted by Crippen LogP contribution is -2.06. The lowest BCUT2D eigenvalue weighted by atomic mass is 10.1. The monoisotopic (exact) mass is 190 g/mol. The van der Waals surface area contributed by atoms with Gasteiger partial charge < -0.3 is 0 Å². The fourth-order valence-corrected chi connectivity index (χ4v) is 1.03. The SMILES string of the molecule is O=Cc1ccccc1C(F)(F)Cl. The molecule has 0 N–H and O–H groups in total. The van der Waals surface area contributed by atoms with Crippen LogP contribution in [0.4, 0.5) is 8.78 Å². The predicted molar refractivity (Wildman–Crippen MR) is 41.6 cm³/mol. The molecule has 0 saturated heterocycles. The molecule has 1 aromatic carbocycles. The van der Waals surface area contributed by atoms with Crippen LogP contribution in [0.1, 0.15) is 15.9 Å². The molecular weight excluding hydrogens is 186 g/mol. The first-order chi connectivity index (χ1) is 5.55. The maximum Gasteiger partial charge on any atom is 0.348 e. The lowest BCUT2D eigenvalue weighted by molar-refractivity contribution is 0.0918. The molecule has 0 spiro atoms. The van der Waals surface area contributed by atoms with Crippen LogP contribution in [-0.2, 0) is 5.38 Å². The van der Waals surface area contributed by atoms with E-state index in [1.807, 2.05) is 0 Å². The Kier molecular flexibility index (Phi) is 2.43. The molecule has 0 bridgehead atoms. The van der Waals surface area contributed by atoms with Crippen molar-refractivity contribution in [2.75, 3.05) is 0 Å². The molecule has 0 aliphatic carbocycles. The van der Waals surface area contributed by atoms with Crippen LogP contribution >= 0.6 is 11.6 Å². The highest BCUT2D eigenvalue weighted by atomic mass is 35.5. The van der Waals surface area contributed by atoms with E-state index >= 15 is 0 Å². The van der Waals surface area contributed by atoms with Gasteiger partial charge in [0.2, 0.25) is 0 Å². The standard InChI is InChI=1S/C8H5ClF2O/c9-8(10,11)7-4-2-1-3-6(7)5-12/h1-5H. The van der Waals surface area contributed by atoms with Gasteiger partial charge in [0, 0.05) is 11.1 Å². The van der Waals surface area contributed by atoms with E-state index in [4.69, 9.17) is 11.6 Å². The molecule has 0 atom stereocenters. The zero-order valence-electron chi connectivity index (χ0n) is 5.93. The number of hydrogen-bond donors (Lipinski definition) is 0. The van der Waals surface area contributed by atoms with Crippen molar-refractivity contribution in [3.05, 3.63) is 35.4 Å². The summed E-state index contributed by atoms with van der Waals surface area (Å²) >= 11 is 4.75. The fraction of sp³-hybridized carbons (Fsp3) is 0.125. The maximum atomic E-state index is 12.5. The van der Waals surface area contributed by atoms with Gasteiger partial charge in [-0.1, -0.05) is 24.3 Å². The first-order valence-electron chi connectivity index (χ1n) is 3.17. The van der Waals surface area contributed by atoms with Crippen molar-refractivity contribution in [2.24, 2.45) is 0 Å². The second-order valence-corrected chi connectivity index (χ2v) is 2.68. The molecule has 12 heavy (non-hydrogen) atoms. The molecule has 0 unspecified atom stereocenters. The van der Waals surface area contributed by atoms with Gasteiger partial charge in [-0.3, -0.25) is 4.79 Å². The molecule has 0 saturated carbocycles. The van der Waals surface area contributed by atoms with Crippen molar-refractivity contribution >= 4 is 17.9 Å². The molecular formula is C8H5ClF2O. The van der Waals surface area contributed by atoms with Gasteiger partial charge in [0.15, 0.2) is 6.29 Å². The van der Waals surface area contributed by atoms with Crippen LogP contribution in [0, 0.1) is 0 Å². The first-order valence-corrected chi connectivity index (χ1v) is 3.55. The van der Waals surface area contributed by atoms with E-state index in [1.54, 1.807) is 0 Å². The summed E-state index contributed by atoms with van der Waals surface area (Å²) < 4.78 is 25.0. The quantitative estimate of drug-likeness (QED) is 0.518. The van der Waals surface area contributed by atoms with Crippen LogP contribution < -0.4 is 0 Å². The largest absolute Gasteiger partial charge is 0.348 e. The van der Waals surface area contributed by atoms with Gasteiger partial charge in [-0.25, -0.2) is 0 Å². The molecule has 0 amide bonds. The number of hydrogen-bond acceptors (Lipinski definition) is 1. The Morgan fingerprint density at radius 2 is 1.92 bits per heavy atom. The van der Waals surface area contributed by atoms with Gasteiger partial charge in [0.05, 0.1) is 0 Å². The number of halogens is 3. The maximum absolute atomic E-state index is 12.5. The number of aldehydes is 1. The van der Waals surface area contributed by atoms with Crippen LogP contribution in [0.3, 0.4) is 0 Å². The van der Waals surface area contributed by atoms with Crippen LogP contribution in [0.5, 0.6) is 0 Å². The molecule has 0 radical (unpaired) electrons.